The normalized spacial score (nSPS) is 14.0. The molecule has 0 aromatic rings. The highest BCUT2D eigenvalue weighted by Gasteiger charge is 2.27. The van der Waals surface area contributed by atoms with E-state index in [-0.39, 0.29) is 32.0 Å². The van der Waals surface area contributed by atoms with Crippen molar-refractivity contribution in [3.8, 4) is 0 Å². The molecule has 0 aliphatic rings. The number of carbonyl (C=O) groups is 2. The first kappa shape index (κ1) is 69.9. The Hall–Kier alpha value is -3.07. The van der Waals surface area contributed by atoms with Gasteiger partial charge in [-0.15, -0.1) is 0 Å². The Kier molecular flexibility index (Phi) is 51.5. The van der Waals surface area contributed by atoms with E-state index < -0.39 is 26.5 Å². The fourth-order valence-electron chi connectivity index (χ4n) is 7.81. The van der Waals surface area contributed by atoms with Crippen molar-refractivity contribution >= 4 is 19.8 Å². The molecule has 10 heteroatoms. The molecule has 2 atom stereocenters. The Morgan fingerprint density at radius 2 is 0.781 bits per heavy atom. The number of allylic oxidation sites excluding steroid dienone is 16. The molecule has 73 heavy (non-hydrogen) atoms. The molecular weight excluding hydrogens is 930 g/mol. The Balaban J connectivity index is 4.08. The second-order valence-corrected chi connectivity index (χ2v) is 22.1. The molecule has 0 amide bonds. The second-order valence-electron chi connectivity index (χ2n) is 20.6. The van der Waals surface area contributed by atoms with Gasteiger partial charge in [-0.3, -0.25) is 18.6 Å². The summed E-state index contributed by atoms with van der Waals surface area (Å²) < 4.78 is 34.5. The molecule has 420 valence electrons. The molecule has 0 rings (SSSR count). The Bertz CT molecular complexity index is 1550. The topological polar surface area (TPSA) is 108 Å². The first-order chi connectivity index (χ1) is 35.5. The molecule has 0 spiro atoms. The lowest BCUT2D eigenvalue weighted by atomic mass is 10.0. The summed E-state index contributed by atoms with van der Waals surface area (Å²) in [5.41, 5.74) is 0. The average Bonchev–Trinajstić information content (AvgIpc) is 3.35. The number of rotatable bonds is 53. The third-order valence-electron chi connectivity index (χ3n) is 12.3. The molecule has 0 aliphatic heterocycles. The number of ether oxygens (including phenoxy) is 2. The number of phosphoric ester groups is 1. The van der Waals surface area contributed by atoms with Crippen LogP contribution in [0.1, 0.15) is 239 Å². The minimum absolute atomic E-state index is 0.0272. The summed E-state index contributed by atoms with van der Waals surface area (Å²) in [6, 6.07) is 0. The molecular formula is C63H111NO8P+. The number of phosphoric acid groups is 1. The van der Waals surface area contributed by atoms with E-state index in [9.17, 15) is 19.0 Å². The number of quaternary nitrogens is 1. The molecule has 1 N–H and O–H groups in total. The van der Waals surface area contributed by atoms with Gasteiger partial charge in [0.2, 0.25) is 0 Å². The van der Waals surface area contributed by atoms with Crippen molar-refractivity contribution < 1.29 is 42.1 Å². The lowest BCUT2D eigenvalue weighted by Gasteiger charge is -2.24. The summed E-state index contributed by atoms with van der Waals surface area (Å²) >= 11 is 0. The van der Waals surface area contributed by atoms with Crippen LogP contribution in [0, 0.1) is 0 Å². The van der Waals surface area contributed by atoms with Crippen molar-refractivity contribution in [3.63, 3.8) is 0 Å². The maximum Gasteiger partial charge on any atom is 0.472 e. The van der Waals surface area contributed by atoms with Crippen LogP contribution in [0.3, 0.4) is 0 Å². The van der Waals surface area contributed by atoms with Crippen molar-refractivity contribution in [2.75, 3.05) is 47.5 Å². The zero-order valence-electron chi connectivity index (χ0n) is 47.6. The van der Waals surface area contributed by atoms with Gasteiger partial charge in [0.05, 0.1) is 27.7 Å². The number of hydrogen-bond acceptors (Lipinski definition) is 7. The van der Waals surface area contributed by atoms with Crippen LogP contribution in [0.2, 0.25) is 0 Å². The van der Waals surface area contributed by atoms with Gasteiger partial charge in [0.1, 0.15) is 19.8 Å². The van der Waals surface area contributed by atoms with Crippen LogP contribution in [-0.2, 0) is 32.7 Å². The summed E-state index contributed by atoms with van der Waals surface area (Å²) in [6.45, 7) is 4.30. The average molecular weight is 1040 g/mol. The summed E-state index contributed by atoms with van der Waals surface area (Å²) in [7, 11) is 1.47. The van der Waals surface area contributed by atoms with Crippen LogP contribution in [-0.4, -0.2) is 74.9 Å². The fraction of sp³-hybridized carbons (Fsp3) is 0.714. The van der Waals surface area contributed by atoms with Crippen LogP contribution in [0.5, 0.6) is 0 Å². The second kappa shape index (κ2) is 53.7. The van der Waals surface area contributed by atoms with E-state index in [0.29, 0.717) is 17.4 Å². The largest absolute Gasteiger partial charge is 0.472 e. The van der Waals surface area contributed by atoms with Crippen molar-refractivity contribution in [3.05, 3.63) is 97.2 Å². The molecule has 0 saturated heterocycles. The van der Waals surface area contributed by atoms with Gasteiger partial charge in [-0.2, -0.15) is 0 Å². The molecule has 0 fully saturated rings. The Morgan fingerprint density at radius 1 is 0.438 bits per heavy atom. The van der Waals surface area contributed by atoms with Crippen molar-refractivity contribution in [2.45, 2.75) is 245 Å². The first-order valence-electron chi connectivity index (χ1n) is 29.5. The zero-order valence-corrected chi connectivity index (χ0v) is 48.5. The number of carbonyl (C=O) groups excluding carboxylic acids is 2. The number of hydrogen-bond donors (Lipinski definition) is 1. The minimum Gasteiger partial charge on any atom is -0.462 e. The van der Waals surface area contributed by atoms with Crippen molar-refractivity contribution in [2.24, 2.45) is 0 Å². The third-order valence-corrected chi connectivity index (χ3v) is 13.3. The van der Waals surface area contributed by atoms with Gasteiger partial charge in [-0.25, -0.2) is 4.57 Å². The van der Waals surface area contributed by atoms with E-state index in [1.165, 1.54) is 103 Å². The maximum absolute atomic E-state index is 12.8. The molecule has 0 bridgehead atoms. The van der Waals surface area contributed by atoms with Crippen LogP contribution >= 0.6 is 7.82 Å². The quantitative estimate of drug-likeness (QED) is 0.0211. The van der Waals surface area contributed by atoms with E-state index in [0.717, 1.165) is 103 Å². The lowest BCUT2D eigenvalue weighted by Crippen LogP contribution is -2.37. The Morgan fingerprint density at radius 3 is 1.18 bits per heavy atom. The monoisotopic (exact) mass is 1040 g/mol. The van der Waals surface area contributed by atoms with Crippen molar-refractivity contribution in [1.82, 2.24) is 0 Å². The number of nitrogens with zero attached hydrogens (tertiary/aromatic N) is 1. The maximum atomic E-state index is 12.8. The summed E-state index contributed by atoms with van der Waals surface area (Å²) in [5.74, 6) is -0.809. The molecule has 2 unspecified atom stereocenters. The molecule has 9 nitrogen and oxygen atoms in total. The van der Waals surface area contributed by atoms with Crippen molar-refractivity contribution in [1.29, 1.82) is 0 Å². The number of likely N-dealkylation sites (N-methyl/N-ethyl adjacent to an activating group) is 1. The SMILES string of the molecule is CC/C=C\C/C=C\C/C=C\C/C=C\C/C=C\C/C=C\C/C=C\CCCCCCCCCCCCCCCC(=O)OC(COC(=O)CCCCCCC/C=C\CCCCCCC)COP(=O)(O)OCC[N+](C)(C)C. The van der Waals surface area contributed by atoms with Gasteiger partial charge in [0.25, 0.3) is 0 Å². The molecule has 0 radical (unpaired) electrons. The molecule has 0 saturated carbocycles. The zero-order chi connectivity index (χ0) is 53.5. The lowest BCUT2D eigenvalue weighted by molar-refractivity contribution is -0.870. The first-order valence-corrected chi connectivity index (χ1v) is 31.0. The van der Waals surface area contributed by atoms with E-state index in [2.05, 4.69) is 111 Å². The highest BCUT2D eigenvalue weighted by atomic mass is 31.2. The molecule has 0 aliphatic carbocycles. The van der Waals surface area contributed by atoms with Crippen LogP contribution in [0.25, 0.3) is 0 Å². The summed E-state index contributed by atoms with van der Waals surface area (Å²) in [6.07, 6.45) is 73.4. The van der Waals surface area contributed by atoms with E-state index in [1.807, 2.05) is 21.1 Å². The predicted octanol–water partition coefficient (Wildman–Crippen LogP) is 18.4. The van der Waals surface area contributed by atoms with Crippen LogP contribution in [0.15, 0.2) is 97.2 Å². The minimum atomic E-state index is -4.39. The van der Waals surface area contributed by atoms with Gasteiger partial charge in [-0.05, 0) is 96.3 Å². The Labute approximate surface area is 449 Å². The predicted molar refractivity (Wildman–Crippen MR) is 312 cm³/mol. The van der Waals surface area contributed by atoms with Crippen LogP contribution < -0.4 is 0 Å². The van der Waals surface area contributed by atoms with E-state index in [1.54, 1.807) is 0 Å². The summed E-state index contributed by atoms with van der Waals surface area (Å²) in [5, 5.41) is 0. The van der Waals surface area contributed by atoms with E-state index >= 15 is 0 Å². The fourth-order valence-corrected chi connectivity index (χ4v) is 8.56. The van der Waals surface area contributed by atoms with Gasteiger partial charge >= 0.3 is 19.8 Å². The number of unbranched alkanes of at least 4 members (excludes halogenated alkanes) is 23. The molecule has 0 aromatic heterocycles. The molecule has 0 aromatic carbocycles. The van der Waals surface area contributed by atoms with Gasteiger partial charge < -0.3 is 18.9 Å². The summed E-state index contributed by atoms with van der Waals surface area (Å²) in [4.78, 5) is 35.6. The van der Waals surface area contributed by atoms with Gasteiger partial charge in [-0.1, -0.05) is 227 Å². The van der Waals surface area contributed by atoms with Gasteiger partial charge in [0.15, 0.2) is 6.10 Å². The highest BCUT2D eigenvalue weighted by molar-refractivity contribution is 7.47. The standard InChI is InChI=1S/C63H110NO8P/c1-6-8-10-12-14-16-18-20-22-23-24-25-26-27-28-29-30-31-32-33-34-35-36-37-38-39-40-41-42-44-46-48-50-52-54-56-63(66)72-61(60-71-73(67,68)70-58-57-64(3,4)5)59-69-62(65)55-53-51-49-47-45-43-21-19-17-15-13-11-9-7-2/h8,10,14,16,19-22,24-25,27-28,30-31,33-34,61H,6-7,9,11-13,15,17-18,23,26,29,32,35-60H2,1-5H3/p+1/b10-8-,16-14-,21-19-,22-20-,25-24-,28-27-,31-30-,34-33-. The van der Waals surface area contributed by atoms with Gasteiger partial charge in [0, 0.05) is 12.8 Å². The third kappa shape index (κ3) is 58.1. The van der Waals surface area contributed by atoms with E-state index in [4.69, 9.17) is 18.5 Å². The number of esters is 2. The highest BCUT2D eigenvalue weighted by Crippen LogP contribution is 2.43. The molecule has 0 heterocycles. The smallest absolute Gasteiger partial charge is 0.462 e. The van der Waals surface area contributed by atoms with Crippen LogP contribution in [0.4, 0.5) is 0 Å².